The van der Waals surface area contributed by atoms with E-state index in [1.165, 1.54) is 19.3 Å². The molecule has 1 aromatic rings. The fraction of sp³-hybridized carbons (Fsp3) is 0.750. The van der Waals surface area contributed by atoms with Gasteiger partial charge in [0.15, 0.2) is 5.69 Å². The highest BCUT2D eigenvalue weighted by Gasteiger charge is 2.19. The Labute approximate surface area is 102 Å². The molecule has 1 aliphatic rings. The molecule has 1 N–H and O–H groups in total. The van der Waals surface area contributed by atoms with Crippen molar-refractivity contribution in [3.05, 3.63) is 11.9 Å². The van der Waals surface area contributed by atoms with E-state index in [0.717, 1.165) is 12.5 Å². The van der Waals surface area contributed by atoms with Crippen LogP contribution in [0.2, 0.25) is 0 Å². The average molecular weight is 236 g/mol. The Morgan fingerprint density at radius 3 is 2.94 bits per heavy atom. The van der Waals surface area contributed by atoms with Crippen molar-refractivity contribution in [3.8, 4) is 0 Å². The van der Waals surface area contributed by atoms with Crippen molar-refractivity contribution in [2.45, 2.75) is 39.7 Å². The first kappa shape index (κ1) is 12.1. The normalized spacial score (nSPS) is 15.9. The Bertz CT molecular complexity index is 382. The van der Waals surface area contributed by atoms with Crippen molar-refractivity contribution < 1.29 is 4.79 Å². The molecule has 17 heavy (non-hydrogen) atoms. The van der Waals surface area contributed by atoms with Gasteiger partial charge in [-0.2, -0.15) is 0 Å². The van der Waals surface area contributed by atoms with Gasteiger partial charge in [0.25, 0.3) is 5.91 Å². The summed E-state index contributed by atoms with van der Waals surface area (Å²) in [5.74, 6) is 1.05. The van der Waals surface area contributed by atoms with Gasteiger partial charge in [-0.25, -0.2) is 0 Å². The number of rotatable bonds is 5. The summed E-state index contributed by atoms with van der Waals surface area (Å²) >= 11 is 0. The molecule has 2 rings (SSSR count). The van der Waals surface area contributed by atoms with E-state index in [1.807, 2.05) is 0 Å². The minimum Gasteiger partial charge on any atom is -0.350 e. The number of carbonyl (C=O) groups excluding carboxylic acids is 1. The second-order valence-corrected chi connectivity index (χ2v) is 5.23. The van der Waals surface area contributed by atoms with E-state index in [-0.39, 0.29) is 5.91 Å². The second kappa shape index (κ2) is 5.29. The third kappa shape index (κ3) is 3.28. The molecule has 1 heterocycles. The highest BCUT2D eigenvalue weighted by atomic mass is 16.2. The third-order valence-corrected chi connectivity index (χ3v) is 3.11. The molecular weight excluding hydrogens is 216 g/mol. The van der Waals surface area contributed by atoms with Crippen LogP contribution in [-0.4, -0.2) is 27.4 Å². The fourth-order valence-electron chi connectivity index (χ4n) is 1.82. The Hall–Kier alpha value is -1.39. The third-order valence-electron chi connectivity index (χ3n) is 3.11. The van der Waals surface area contributed by atoms with Gasteiger partial charge >= 0.3 is 0 Å². The van der Waals surface area contributed by atoms with Crippen molar-refractivity contribution in [2.75, 3.05) is 6.54 Å². The summed E-state index contributed by atoms with van der Waals surface area (Å²) in [5.41, 5.74) is 0.421. The molecule has 1 saturated carbocycles. The number of amides is 1. The lowest BCUT2D eigenvalue weighted by atomic mass is 9.85. The molecule has 0 atom stereocenters. The smallest absolute Gasteiger partial charge is 0.273 e. The SMILES string of the molecule is CC(C)CNC(=O)c1cn(CC2CCC2)nn1. The Morgan fingerprint density at radius 1 is 1.59 bits per heavy atom. The molecule has 0 saturated heterocycles. The highest BCUT2D eigenvalue weighted by Crippen LogP contribution is 2.27. The molecule has 5 nitrogen and oxygen atoms in total. The lowest BCUT2D eigenvalue weighted by Crippen LogP contribution is -2.27. The summed E-state index contributed by atoms with van der Waals surface area (Å²) in [7, 11) is 0. The number of aromatic nitrogens is 3. The number of nitrogens with zero attached hydrogens (tertiary/aromatic N) is 3. The van der Waals surface area contributed by atoms with Gasteiger partial charge in [0.1, 0.15) is 0 Å². The maximum absolute atomic E-state index is 11.7. The number of nitrogens with one attached hydrogen (secondary N) is 1. The van der Waals surface area contributed by atoms with Crippen LogP contribution in [0.3, 0.4) is 0 Å². The molecule has 0 bridgehead atoms. The van der Waals surface area contributed by atoms with E-state index < -0.39 is 0 Å². The minimum atomic E-state index is -0.126. The largest absolute Gasteiger partial charge is 0.350 e. The molecule has 94 valence electrons. The Kier molecular flexibility index (Phi) is 3.76. The number of carbonyl (C=O) groups is 1. The van der Waals surface area contributed by atoms with Gasteiger partial charge in [-0.1, -0.05) is 25.5 Å². The van der Waals surface area contributed by atoms with Gasteiger partial charge in [0.05, 0.1) is 6.20 Å². The maximum atomic E-state index is 11.7. The maximum Gasteiger partial charge on any atom is 0.273 e. The first-order valence-corrected chi connectivity index (χ1v) is 6.33. The van der Waals surface area contributed by atoms with Crippen molar-refractivity contribution in [1.82, 2.24) is 20.3 Å². The standard InChI is InChI=1S/C12H20N4O/c1-9(2)6-13-12(17)11-8-16(15-14-11)7-10-4-3-5-10/h8-10H,3-7H2,1-2H3,(H,13,17). The Balaban J connectivity index is 1.85. The van der Waals surface area contributed by atoms with Crippen LogP contribution in [0.1, 0.15) is 43.6 Å². The zero-order valence-electron chi connectivity index (χ0n) is 10.5. The van der Waals surface area contributed by atoms with E-state index in [4.69, 9.17) is 0 Å². The molecule has 1 fully saturated rings. The zero-order chi connectivity index (χ0) is 12.3. The molecule has 5 heteroatoms. The van der Waals surface area contributed by atoms with Crippen LogP contribution in [0.25, 0.3) is 0 Å². The topological polar surface area (TPSA) is 59.8 Å². The number of hydrogen-bond donors (Lipinski definition) is 1. The quantitative estimate of drug-likeness (QED) is 0.842. The molecule has 1 aromatic heterocycles. The molecule has 1 aliphatic carbocycles. The number of hydrogen-bond acceptors (Lipinski definition) is 3. The lowest BCUT2D eigenvalue weighted by Gasteiger charge is -2.24. The molecule has 0 aliphatic heterocycles. The molecular formula is C12H20N4O. The Morgan fingerprint density at radius 2 is 2.35 bits per heavy atom. The van der Waals surface area contributed by atoms with Crippen molar-refractivity contribution in [1.29, 1.82) is 0 Å². The van der Waals surface area contributed by atoms with E-state index in [0.29, 0.717) is 18.2 Å². The predicted octanol–water partition coefficient (Wildman–Crippen LogP) is 1.46. The summed E-state index contributed by atoms with van der Waals surface area (Å²) in [5, 5.41) is 10.7. The average Bonchev–Trinajstić information content (AvgIpc) is 2.68. The second-order valence-electron chi connectivity index (χ2n) is 5.23. The highest BCUT2D eigenvalue weighted by molar-refractivity contribution is 5.91. The minimum absolute atomic E-state index is 0.126. The van der Waals surface area contributed by atoms with Gasteiger partial charge in [-0.3, -0.25) is 9.48 Å². The van der Waals surface area contributed by atoms with Crippen molar-refractivity contribution in [2.24, 2.45) is 11.8 Å². The van der Waals surface area contributed by atoms with E-state index in [9.17, 15) is 4.79 Å². The van der Waals surface area contributed by atoms with Gasteiger partial charge in [0.2, 0.25) is 0 Å². The molecule has 0 spiro atoms. The molecule has 0 radical (unpaired) electrons. The van der Waals surface area contributed by atoms with E-state index >= 15 is 0 Å². The fourth-order valence-corrected chi connectivity index (χ4v) is 1.82. The summed E-state index contributed by atoms with van der Waals surface area (Å²) in [6, 6.07) is 0. The van der Waals surface area contributed by atoms with Gasteiger partial charge in [0, 0.05) is 13.1 Å². The van der Waals surface area contributed by atoms with Crippen LogP contribution in [0.5, 0.6) is 0 Å². The van der Waals surface area contributed by atoms with Crippen molar-refractivity contribution >= 4 is 5.91 Å². The zero-order valence-corrected chi connectivity index (χ0v) is 10.5. The monoisotopic (exact) mass is 236 g/mol. The van der Waals surface area contributed by atoms with Crippen LogP contribution in [-0.2, 0) is 6.54 Å². The van der Waals surface area contributed by atoms with Gasteiger partial charge in [-0.05, 0) is 24.7 Å². The summed E-state index contributed by atoms with van der Waals surface area (Å²) < 4.78 is 1.79. The summed E-state index contributed by atoms with van der Waals surface area (Å²) in [6.45, 7) is 5.69. The summed E-state index contributed by atoms with van der Waals surface area (Å²) in [6.07, 6.45) is 5.61. The first-order valence-electron chi connectivity index (χ1n) is 6.33. The first-order chi connectivity index (χ1) is 8.15. The molecule has 0 aromatic carbocycles. The molecule has 0 unspecified atom stereocenters. The van der Waals surface area contributed by atoms with Gasteiger partial charge in [-0.15, -0.1) is 5.10 Å². The van der Waals surface area contributed by atoms with E-state index in [2.05, 4.69) is 29.5 Å². The van der Waals surface area contributed by atoms with Crippen LogP contribution in [0.4, 0.5) is 0 Å². The van der Waals surface area contributed by atoms with Crippen molar-refractivity contribution in [3.63, 3.8) is 0 Å². The predicted molar refractivity (Wildman–Crippen MR) is 64.5 cm³/mol. The lowest BCUT2D eigenvalue weighted by molar-refractivity contribution is 0.0944. The van der Waals surface area contributed by atoms with Crippen LogP contribution >= 0.6 is 0 Å². The summed E-state index contributed by atoms with van der Waals surface area (Å²) in [4.78, 5) is 11.7. The van der Waals surface area contributed by atoms with Gasteiger partial charge < -0.3 is 5.32 Å². The van der Waals surface area contributed by atoms with Crippen LogP contribution in [0.15, 0.2) is 6.20 Å². The van der Waals surface area contributed by atoms with Crippen LogP contribution in [0, 0.1) is 11.8 Å². The van der Waals surface area contributed by atoms with E-state index in [1.54, 1.807) is 10.9 Å². The van der Waals surface area contributed by atoms with Crippen LogP contribution < -0.4 is 5.32 Å². The molecule has 1 amide bonds.